The Bertz CT molecular complexity index is 799. The van der Waals surface area contributed by atoms with E-state index in [0.29, 0.717) is 10.6 Å². The second-order valence-electron chi connectivity index (χ2n) is 5.26. The van der Waals surface area contributed by atoms with E-state index in [0.717, 1.165) is 39.2 Å². The van der Waals surface area contributed by atoms with Gasteiger partial charge in [-0.2, -0.15) is 4.33 Å². The standard InChI is InChI=1S/C18H15ClO4S/c1-11-3-5-12(6-4-11)17-14(10-22-18(17)20)13-7-8-16(15(19)9-13)24-23-21-2/h3-9H,10H2,1-2H3. The minimum Gasteiger partial charge on any atom is -0.457 e. The summed E-state index contributed by atoms with van der Waals surface area (Å²) in [4.78, 5) is 17.5. The number of halogens is 1. The number of cyclic esters (lactones) is 1. The number of ether oxygens (including phenoxy) is 1. The Morgan fingerprint density at radius 2 is 1.83 bits per heavy atom. The van der Waals surface area contributed by atoms with Crippen molar-refractivity contribution in [2.75, 3.05) is 13.7 Å². The molecule has 0 radical (unpaired) electrons. The molecule has 1 heterocycles. The van der Waals surface area contributed by atoms with Crippen molar-refractivity contribution in [3.05, 3.63) is 64.2 Å². The highest BCUT2D eigenvalue weighted by Gasteiger charge is 2.27. The third kappa shape index (κ3) is 3.49. The molecule has 0 bridgehead atoms. The molecule has 0 saturated heterocycles. The molecule has 2 aromatic rings. The van der Waals surface area contributed by atoms with Gasteiger partial charge in [-0.15, -0.1) is 0 Å². The van der Waals surface area contributed by atoms with Crippen molar-refractivity contribution >= 4 is 40.8 Å². The lowest BCUT2D eigenvalue weighted by molar-refractivity contribution is -0.160. The fraction of sp³-hybridized carbons (Fsp3) is 0.167. The van der Waals surface area contributed by atoms with E-state index in [1.54, 1.807) is 6.07 Å². The Hall–Kier alpha value is -1.79. The molecule has 4 nitrogen and oxygen atoms in total. The van der Waals surface area contributed by atoms with E-state index < -0.39 is 0 Å². The van der Waals surface area contributed by atoms with Gasteiger partial charge in [0.2, 0.25) is 0 Å². The van der Waals surface area contributed by atoms with Crippen LogP contribution in [0.5, 0.6) is 0 Å². The minimum absolute atomic E-state index is 0.236. The molecule has 1 aliphatic heterocycles. The van der Waals surface area contributed by atoms with Gasteiger partial charge in [0.15, 0.2) is 0 Å². The molecule has 3 rings (SSSR count). The van der Waals surface area contributed by atoms with E-state index in [4.69, 9.17) is 20.7 Å². The lowest BCUT2D eigenvalue weighted by Crippen LogP contribution is -1.98. The van der Waals surface area contributed by atoms with Crippen LogP contribution in [0.3, 0.4) is 0 Å². The van der Waals surface area contributed by atoms with Crippen molar-refractivity contribution in [2.45, 2.75) is 11.8 Å². The summed E-state index contributed by atoms with van der Waals surface area (Å²) in [5.41, 5.74) is 4.24. The number of esters is 1. The average Bonchev–Trinajstić information content (AvgIpc) is 2.96. The zero-order valence-electron chi connectivity index (χ0n) is 13.2. The highest BCUT2D eigenvalue weighted by Crippen LogP contribution is 2.36. The number of benzene rings is 2. The zero-order valence-corrected chi connectivity index (χ0v) is 14.7. The van der Waals surface area contributed by atoms with Crippen molar-refractivity contribution in [1.82, 2.24) is 0 Å². The van der Waals surface area contributed by atoms with E-state index in [1.807, 2.05) is 43.3 Å². The molecule has 1 aliphatic rings. The van der Waals surface area contributed by atoms with Crippen LogP contribution in [-0.2, 0) is 18.8 Å². The molecular weight excluding hydrogens is 348 g/mol. The maximum atomic E-state index is 12.2. The number of carbonyl (C=O) groups excluding carboxylic acids is 1. The summed E-state index contributed by atoms with van der Waals surface area (Å²) in [7, 11) is 1.43. The van der Waals surface area contributed by atoms with Crippen LogP contribution in [0, 0.1) is 6.92 Å². The van der Waals surface area contributed by atoms with E-state index in [-0.39, 0.29) is 12.6 Å². The average molecular weight is 363 g/mol. The van der Waals surface area contributed by atoms with Crippen LogP contribution >= 0.6 is 23.6 Å². The predicted molar refractivity (Wildman–Crippen MR) is 94.4 cm³/mol. The SMILES string of the molecule is COOSc1ccc(C2=C(c3ccc(C)cc3)C(=O)OC2)cc1Cl. The maximum absolute atomic E-state index is 12.2. The lowest BCUT2D eigenvalue weighted by atomic mass is 9.96. The van der Waals surface area contributed by atoms with Crippen molar-refractivity contribution < 1.29 is 18.8 Å². The number of hydrogen-bond acceptors (Lipinski definition) is 5. The molecule has 0 N–H and O–H groups in total. The Balaban J connectivity index is 2.01. The fourth-order valence-corrected chi connectivity index (χ4v) is 3.15. The molecule has 24 heavy (non-hydrogen) atoms. The number of hydrogen-bond donors (Lipinski definition) is 0. The van der Waals surface area contributed by atoms with Crippen LogP contribution in [0.15, 0.2) is 47.4 Å². The lowest BCUT2D eigenvalue weighted by Gasteiger charge is -2.08. The second-order valence-corrected chi connectivity index (χ2v) is 6.41. The second kappa shape index (κ2) is 7.40. The molecule has 0 unspecified atom stereocenters. The van der Waals surface area contributed by atoms with E-state index in [9.17, 15) is 4.79 Å². The molecule has 6 heteroatoms. The van der Waals surface area contributed by atoms with Crippen LogP contribution in [0.25, 0.3) is 11.1 Å². The quantitative estimate of drug-likeness (QED) is 0.334. The first-order chi connectivity index (χ1) is 11.6. The third-order valence-corrected chi connectivity index (χ3v) is 4.83. The first-order valence-corrected chi connectivity index (χ1v) is 8.36. The largest absolute Gasteiger partial charge is 0.457 e. The summed E-state index contributed by atoms with van der Waals surface area (Å²) in [5.74, 6) is -0.314. The molecule has 0 aromatic heterocycles. The summed E-state index contributed by atoms with van der Waals surface area (Å²) in [6, 6.07) is 13.3. The monoisotopic (exact) mass is 362 g/mol. The first-order valence-electron chi connectivity index (χ1n) is 7.24. The van der Waals surface area contributed by atoms with Crippen molar-refractivity contribution in [1.29, 1.82) is 0 Å². The molecule has 0 atom stereocenters. The molecule has 0 fully saturated rings. The molecule has 0 aliphatic carbocycles. The first kappa shape index (κ1) is 17.0. The van der Waals surface area contributed by atoms with Gasteiger partial charge in [-0.3, -0.25) is 0 Å². The maximum Gasteiger partial charge on any atom is 0.339 e. The van der Waals surface area contributed by atoms with Crippen LogP contribution in [0.4, 0.5) is 0 Å². The normalized spacial score (nSPS) is 14.2. The Morgan fingerprint density at radius 1 is 1.12 bits per heavy atom. The fourth-order valence-electron chi connectivity index (χ4n) is 2.47. The van der Waals surface area contributed by atoms with Gasteiger partial charge in [-0.25, -0.2) is 9.68 Å². The van der Waals surface area contributed by atoms with Gasteiger partial charge in [-0.1, -0.05) is 47.5 Å². The van der Waals surface area contributed by atoms with Gasteiger partial charge in [0.05, 0.1) is 34.6 Å². The van der Waals surface area contributed by atoms with E-state index in [2.05, 4.69) is 4.89 Å². The minimum atomic E-state index is -0.314. The van der Waals surface area contributed by atoms with E-state index >= 15 is 0 Å². The zero-order chi connectivity index (χ0) is 17.1. The van der Waals surface area contributed by atoms with Gasteiger partial charge >= 0.3 is 5.97 Å². The van der Waals surface area contributed by atoms with Crippen molar-refractivity contribution in [3.8, 4) is 0 Å². The van der Waals surface area contributed by atoms with Crippen LogP contribution < -0.4 is 0 Å². The summed E-state index contributed by atoms with van der Waals surface area (Å²) >= 11 is 7.32. The summed E-state index contributed by atoms with van der Waals surface area (Å²) in [6.45, 7) is 2.24. The molecule has 124 valence electrons. The topological polar surface area (TPSA) is 44.8 Å². The molecule has 0 saturated carbocycles. The highest BCUT2D eigenvalue weighted by atomic mass is 35.5. The van der Waals surface area contributed by atoms with Gasteiger partial charge < -0.3 is 4.74 Å². The number of carbonyl (C=O) groups is 1. The van der Waals surface area contributed by atoms with Gasteiger partial charge in [0.1, 0.15) is 6.61 Å². The number of aryl methyl sites for hydroxylation is 1. The summed E-state index contributed by atoms with van der Waals surface area (Å²) in [6.07, 6.45) is 0. The van der Waals surface area contributed by atoms with Gasteiger partial charge in [0, 0.05) is 5.57 Å². The van der Waals surface area contributed by atoms with Crippen LogP contribution in [0.1, 0.15) is 16.7 Å². The number of rotatable bonds is 5. The molecule has 0 amide bonds. The van der Waals surface area contributed by atoms with Crippen LogP contribution in [-0.4, -0.2) is 19.7 Å². The predicted octanol–water partition coefficient (Wildman–Crippen LogP) is 4.70. The van der Waals surface area contributed by atoms with Crippen LogP contribution in [0.2, 0.25) is 5.02 Å². The van der Waals surface area contributed by atoms with E-state index in [1.165, 1.54) is 7.11 Å². The Kier molecular flexibility index (Phi) is 5.26. The van der Waals surface area contributed by atoms with Crippen molar-refractivity contribution in [3.63, 3.8) is 0 Å². The third-order valence-electron chi connectivity index (χ3n) is 3.67. The Labute approximate surface area is 149 Å². The highest BCUT2D eigenvalue weighted by molar-refractivity contribution is 7.94. The van der Waals surface area contributed by atoms with Gasteiger partial charge in [-0.05, 0) is 30.2 Å². The summed E-state index contributed by atoms with van der Waals surface area (Å²) < 4.78 is 10.1. The molecular formula is C18H15ClO4S. The molecule has 2 aromatic carbocycles. The smallest absolute Gasteiger partial charge is 0.339 e. The van der Waals surface area contributed by atoms with Gasteiger partial charge in [0.25, 0.3) is 0 Å². The molecule has 0 spiro atoms. The summed E-state index contributed by atoms with van der Waals surface area (Å²) in [5, 5.41) is 0.518. The van der Waals surface area contributed by atoms with Crippen molar-refractivity contribution in [2.24, 2.45) is 0 Å². The Morgan fingerprint density at radius 3 is 2.50 bits per heavy atom.